The second kappa shape index (κ2) is 4.48. The van der Waals surface area contributed by atoms with Crippen LogP contribution in [-0.4, -0.2) is 15.1 Å². The van der Waals surface area contributed by atoms with Gasteiger partial charge in [-0.3, -0.25) is 0 Å². The molecule has 5 nitrogen and oxygen atoms in total. The summed E-state index contributed by atoms with van der Waals surface area (Å²) < 4.78 is 0. The lowest BCUT2D eigenvalue weighted by Gasteiger charge is -2.05. The Balaban J connectivity index is 1.99. The number of hydrogen-bond donors (Lipinski definition) is 3. The zero-order valence-electron chi connectivity index (χ0n) is 8.59. The second-order valence-corrected chi connectivity index (χ2v) is 3.34. The first kappa shape index (κ1) is 10.2. The number of nitrogens with one attached hydrogen (secondary N) is 1. The Kier molecular flexibility index (Phi) is 2.86. The minimum absolute atomic E-state index is 0.225. The van der Waals surface area contributed by atoms with Crippen LogP contribution in [0, 0.1) is 0 Å². The van der Waals surface area contributed by atoms with E-state index in [0.717, 1.165) is 5.69 Å². The highest BCUT2D eigenvalue weighted by atomic mass is 16.3. The zero-order valence-corrected chi connectivity index (χ0v) is 8.59. The summed E-state index contributed by atoms with van der Waals surface area (Å²) in [4.78, 5) is 8.11. The standard InChI is InChI=1S/C11H12N4O/c12-8-5-14-11(15-6-8)7-13-9-2-1-3-10(16)4-9/h1-6,13,16H,7,12H2. The molecule has 0 aliphatic rings. The molecular formula is C11H12N4O. The third-order valence-electron chi connectivity index (χ3n) is 2.02. The van der Waals surface area contributed by atoms with Gasteiger partial charge in [0.05, 0.1) is 24.6 Å². The third kappa shape index (κ3) is 2.60. The van der Waals surface area contributed by atoms with Crippen LogP contribution < -0.4 is 11.1 Å². The Morgan fingerprint density at radius 1 is 1.25 bits per heavy atom. The Morgan fingerprint density at radius 2 is 2.00 bits per heavy atom. The highest BCUT2D eigenvalue weighted by Crippen LogP contribution is 2.15. The summed E-state index contributed by atoms with van der Waals surface area (Å²) in [6.07, 6.45) is 3.12. The number of rotatable bonds is 3. The molecular weight excluding hydrogens is 204 g/mol. The average Bonchev–Trinajstić information content (AvgIpc) is 2.28. The molecule has 0 radical (unpaired) electrons. The van der Waals surface area contributed by atoms with Gasteiger partial charge in [-0.05, 0) is 12.1 Å². The van der Waals surface area contributed by atoms with Crippen molar-refractivity contribution >= 4 is 11.4 Å². The maximum atomic E-state index is 9.26. The van der Waals surface area contributed by atoms with E-state index in [4.69, 9.17) is 5.73 Å². The maximum absolute atomic E-state index is 9.26. The molecule has 0 aliphatic heterocycles. The van der Waals surface area contributed by atoms with E-state index in [-0.39, 0.29) is 5.75 Å². The van der Waals surface area contributed by atoms with Crippen LogP contribution in [-0.2, 0) is 6.54 Å². The summed E-state index contributed by atoms with van der Waals surface area (Å²) in [6, 6.07) is 6.88. The van der Waals surface area contributed by atoms with Gasteiger partial charge < -0.3 is 16.2 Å². The van der Waals surface area contributed by atoms with Crippen LogP contribution in [0.15, 0.2) is 36.7 Å². The summed E-state index contributed by atoms with van der Waals surface area (Å²) in [7, 11) is 0. The number of hydrogen-bond acceptors (Lipinski definition) is 5. The van der Waals surface area contributed by atoms with Crippen molar-refractivity contribution in [3.05, 3.63) is 42.5 Å². The molecule has 82 valence electrons. The predicted molar refractivity (Wildman–Crippen MR) is 61.9 cm³/mol. The number of anilines is 2. The van der Waals surface area contributed by atoms with Crippen LogP contribution in [0.2, 0.25) is 0 Å². The van der Waals surface area contributed by atoms with Crippen molar-refractivity contribution in [1.82, 2.24) is 9.97 Å². The number of nitrogen functional groups attached to an aromatic ring is 1. The second-order valence-electron chi connectivity index (χ2n) is 3.34. The summed E-state index contributed by atoms with van der Waals surface area (Å²) in [5.74, 6) is 0.876. The molecule has 0 unspecified atom stereocenters. The Morgan fingerprint density at radius 3 is 2.69 bits per heavy atom. The van der Waals surface area contributed by atoms with Crippen LogP contribution in [0.5, 0.6) is 5.75 Å². The van der Waals surface area contributed by atoms with E-state index in [9.17, 15) is 5.11 Å². The number of phenols is 1. The zero-order chi connectivity index (χ0) is 11.4. The highest BCUT2D eigenvalue weighted by molar-refractivity contribution is 5.47. The third-order valence-corrected chi connectivity index (χ3v) is 2.02. The molecule has 0 saturated heterocycles. The molecule has 0 aliphatic carbocycles. The number of nitrogens with two attached hydrogens (primary N) is 1. The summed E-state index contributed by atoms with van der Waals surface area (Å²) in [6.45, 7) is 0.490. The molecule has 0 bridgehead atoms. The Bertz CT molecular complexity index is 470. The summed E-state index contributed by atoms with van der Waals surface area (Å²) in [5, 5.41) is 12.4. The van der Waals surface area contributed by atoms with Crippen LogP contribution >= 0.6 is 0 Å². The van der Waals surface area contributed by atoms with E-state index >= 15 is 0 Å². The van der Waals surface area contributed by atoms with Gasteiger partial charge in [-0.15, -0.1) is 0 Å². The molecule has 0 saturated carbocycles. The van der Waals surface area contributed by atoms with Gasteiger partial charge in [0.2, 0.25) is 0 Å². The quantitative estimate of drug-likeness (QED) is 0.721. The number of aromatic nitrogens is 2. The van der Waals surface area contributed by atoms with Crippen molar-refractivity contribution in [2.45, 2.75) is 6.54 Å². The normalized spacial score (nSPS) is 10.0. The van der Waals surface area contributed by atoms with Gasteiger partial charge in [0.15, 0.2) is 0 Å². The first-order valence-electron chi connectivity index (χ1n) is 4.83. The SMILES string of the molecule is Nc1cnc(CNc2cccc(O)c2)nc1. The van der Waals surface area contributed by atoms with Crippen molar-refractivity contribution in [1.29, 1.82) is 0 Å². The van der Waals surface area contributed by atoms with Crippen LogP contribution in [0.3, 0.4) is 0 Å². The molecule has 0 fully saturated rings. The fourth-order valence-corrected chi connectivity index (χ4v) is 1.25. The number of nitrogens with zero attached hydrogens (tertiary/aromatic N) is 2. The van der Waals surface area contributed by atoms with Gasteiger partial charge in [0.1, 0.15) is 11.6 Å². The van der Waals surface area contributed by atoms with Gasteiger partial charge in [0, 0.05) is 11.8 Å². The van der Waals surface area contributed by atoms with Gasteiger partial charge in [-0.25, -0.2) is 9.97 Å². The van der Waals surface area contributed by atoms with Gasteiger partial charge in [0.25, 0.3) is 0 Å². The van der Waals surface area contributed by atoms with E-state index in [1.54, 1.807) is 30.6 Å². The van der Waals surface area contributed by atoms with Crippen LogP contribution in [0.1, 0.15) is 5.82 Å². The molecule has 1 heterocycles. The molecule has 5 heteroatoms. The smallest absolute Gasteiger partial charge is 0.147 e. The minimum atomic E-state index is 0.225. The fourth-order valence-electron chi connectivity index (χ4n) is 1.25. The topological polar surface area (TPSA) is 84.1 Å². The number of aromatic hydroxyl groups is 1. The molecule has 0 atom stereocenters. The first-order chi connectivity index (χ1) is 7.74. The van der Waals surface area contributed by atoms with E-state index in [2.05, 4.69) is 15.3 Å². The summed E-state index contributed by atoms with van der Waals surface area (Å²) in [5.41, 5.74) is 6.84. The Hall–Kier alpha value is -2.30. The minimum Gasteiger partial charge on any atom is -0.508 e. The Labute approximate surface area is 93.0 Å². The fraction of sp³-hybridized carbons (Fsp3) is 0.0909. The number of phenolic OH excluding ortho intramolecular Hbond substituents is 1. The average molecular weight is 216 g/mol. The molecule has 0 spiro atoms. The number of benzene rings is 1. The van der Waals surface area contributed by atoms with E-state index < -0.39 is 0 Å². The monoisotopic (exact) mass is 216 g/mol. The van der Waals surface area contributed by atoms with Crippen molar-refractivity contribution < 1.29 is 5.11 Å². The lowest BCUT2D eigenvalue weighted by atomic mass is 10.3. The first-order valence-corrected chi connectivity index (χ1v) is 4.83. The molecule has 16 heavy (non-hydrogen) atoms. The van der Waals surface area contributed by atoms with Gasteiger partial charge >= 0.3 is 0 Å². The lowest BCUT2D eigenvalue weighted by molar-refractivity contribution is 0.475. The van der Waals surface area contributed by atoms with Crippen LogP contribution in [0.4, 0.5) is 11.4 Å². The van der Waals surface area contributed by atoms with E-state index in [0.29, 0.717) is 18.1 Å². The summed E-state index contributed by atoms with van der Waals surface area (Å²) >= 11 is 0. The molecule has 0 amide bonds. The molecule has 1 aromatic heterocycles. The molecule has 2 rings (SSSR count). The molecule has 2 aromatic rings. The predicted octanol–water partition coefficient (Wildman–Crippen LogP) is 1.38. The van der Waals surface area contributed by atoms with Crippen molar-refractivity contribution in [3.8, 4) is 5.75 Å². The molecule has 4 N–H and O–H groups in total. The van der Waals surface area contributed by atoms with Gasteiger partial charge in [-0.1, -0.05) is 6.07 Å². The van der Waals surface area contributed by atoms with E-state index in [1.165, 1.54) is 0 Å². The molecule has 1 aromatic carbocycles. The maximum Gasteiger partial charge on any atom is 0.147 e. The van der Waals surface area contributed by atoms with Crippen molar-refractivity contribution in [3.63, 3.8) is 0 Å². The van der Waals surface area contributed by atoms with Crippen LogP contribution in [0.25, 0.3) is 0 Å². The van der Waals surface area contributed by atoms with E-state index in [1.807, 2.05) is 6.07 Å². The highest BCUT2D eigenvalue weighted by Gasteiger charge is 1.97. The lowest BCUT2D eigenvalue weighted by Crippen LogP contribution is -2.04. The largest absolute Gasteiger partial charge is 0.508 e. The van der Waals surface area contributed by atoms with Crippen molar-refractivity contribution in [2.75, 3.05) is 11.1 Å². The van der Waals surface area contributed by atoms with Gasteiger partial charge in [-0.2, -0.15) is 0 Å². The van der Waals surface area contributed by atoms with Crippen molar-refractivity contribution in [2.24, 2.45) is 0 Å².